The minimum absolute atomic E-state index is 0.0922. The first kappa shape index (κ1) is 19.7. The minimum Gasteiger partial charge on any atom is -0.365 e. The zero-order valence-corrected chi connectivity index (χ0v) is 18.5. The van der Waals surface area contributed by atoms with Crippen molar-refractivity contribution in [3.8, 4) is 0 Å². The zero-order chi connectivity index (χ0) is 21.1. The number of carbonyl (C=O) groups is 1. The number of likely N-dealkylation sites (tertiary alicyclic amines) is 1. The van der Waals surface area contributed by atoms with E-state index in [4.69, 9.17) is 16.3 Å². The summed E-state index contributed by atoms with van der Waals surface area (Å²) >= 11 is 6.20. The summed E-state index contributed by atoms with van der Waals surface area (Å²) in [4.78, 5) is 19.2. The first-order valence-electron chi connectivity index (χ1n) is 10.6. The highest BCUT2D eigenvalue weighted by Crippen LogP contribution is 2.44. The molecule has 30 heavy (non-hydrogen) atoms. The van der Waals surface area contributed by atoms with Gasteiger partial charge < -0.3 is 14.6 Å². The van der Waals surface area contributed by atoms with Crippen LogP contribution >= 0.6 is 11.6 Å². The summed E-state index contributed by atoms with van der Waals surface area (Å²) in [6, 6.07) is 14.2. The number of benzene rings is 2. The molecule has 3 aromatic rings. The second-order valence-electron chi connectivity index (χ2n) is 9.55. The second-order valence-corrected chi connectivity index (χ2v) is 9.98. The van der Waals surface area contributed by atoms with Crippen LogP contribution in [-0.2, 0) is 22.4 Å². The molecule has 5 heteroatoms. The Morgan fingerprint density at radius 3 is 2.60 bits per heavy atom. The van der Waals surface area contributed by atoms with Gasteiger partial charge in [0.2, 0.25) is 0 Å². The van der Waals surface area contributed by atoms with Gasteiger partial charge in [-0.05, 0) is 36.1 Å². The number of halogens is 1. The van der Waals surface area contributed by atoms with Crippen LogP contribution in [-0.4, -0.2) is 28.9 Å². The third-order valence-corrected chi connectivity index (χ3v) is 6.83. The van der Waals surface area contributed by atoms with E-state index in [0.717, 1.165) is 35.0 Å². The van der Waals surface area contributed by atoms with E-state index in [0.29, 0.717) is 24.7 Å². The lowest BCUT2D eigenvalue weighted by molar-refractivity contribution is -0.0741. The number of nitrogens with one attached hydrogen (secondary N) is 1. The van der Waals surface area contributed by atoms with E-state index in [1.807, 2.05) is 23.1 Å². The molecule has 1 fully saturated rings. The van der Waals surface area contributed by atoms with Gasteiger partial charge in [-0.1, -0.05) is 62.7 Å². The van der Waals surface area contributed by atoms with Crippen LogP contribution in [0.1, 0.15) is 60.8 Å². The SMILES string of the molecule is CC(C)(C)c1[nH]c2cc(Cl)ccc2c1C(=O)N1CCC2(CC1)OCc1ccccc12. The first-order chi connectivity index (χ1) is 14.3. The molecule has 1 spiro atoms. The van der Waals surface area contributed by atoms with E-state index in [2.05, 4.69) is 50.0 Å². The fourth-order valence-corrected chi connectivity index (χ4v) is 5.15. The van der Waals surface area contributed by atoms with Gasteiger partial charge in [-0.15, -0.1) is 0 Å². The number of aromatic amines is 1. The molecule has 2 aliphatic heterocycles. The fraction of sp³-hybridized carbons (Fsp3) is 0.400. The molecule has 1 N–H and O–H groups in total. The lowest BCUT2D eigenvalue weighted by Crippen LogP contribution is -2.45. The molecule has 0 unspecified atom stereocenters. The average Bonchev–Trinajstić information content (AvgIpc) is 3.27. The van der Waals surface area contributed by atoms with Crippen LogP contribution in [0.4, 0.5) is 0 Å². The quantitative estimate of drug-likeness (QED) is 0.540. The molecular formula is C25H27ClN2O2. The lowest BCUT2D eigenvalue weighted by atomic mass is 9.83. The van der Waals surface area contributed by atoms with Crippen molar-refractivity contribution >= 4 is 28.4 Å². The number of fused-ring (bicyclic) bond motifs is 3. The highest BCUT2D eigenvalue weighted by molar-refractivity contribution is 6.31. The fourth-order valence-electron chi connectivity index (χ4n) is 4.98. The smallest absolute Gasteiger partial charge is 0.256 e. The van der Waals surface area contributed by atoms with Gasteiger partial charge in [-0.3, -0.25) is 4.79 Å². The van der Waals surface area contributed by atoms with Gasteiger partial charge in [0.25, 0.3) is 5.91 Å². The molecule has 1 aromatic heterocycles. The number of H-pyrrole nitrogens is 1. The van der Waals surface area contributed by atoms with Gasteiger partial charge in [0.1, 0.15) is 0 Å². The van der Waals surface area contributed by atoms with Gasteiger partial charge in [0.05, 0.1) is 17.8 Å². The van der Waals surface area contributed by atoms with Gasteiger partial charge in [-0.25, -0.2) is 0 Å². The highest BCUT2D eigenvalue weighted by atomic mass is 35.5. The monoisotopic (exact) mass is 422 g/mol. The first-order valence-corrected chi connectivity index (χ1v) is 11.0. The molecule has 0 saturated carbocycles. The van der Waals surface area contributed by atoms with Crippen molar-refractivity contribution in [3.63, 3.8) is 0 Å². The number of piperidine rings is 1. The van der Waals surface area contributed by atoms with Crippen molar-refractivity contribution in [3.05, 3.63) is 69.9 Å². The Hall–Kier alpha value is -2.30. The summed E-state index contributed by atoms with van der Waals surface area (Å²) in [5, 5.41) is 1.61. The van der Waals surface area contributed by atoms with Crippen LogP contribution in [0.25, 0.3) is 10.9 Å². The van der Waals surface area contributed by atoms with Crippen molar-refractivity contribution in [1.82, 2.24) is 9.88 Å². The number of hydrogen-bond acceptors (Lipinski definition) is 2. The third kappa shape index (κ3) is 3.05. The number of nitrogens with zero attached hydrogens (tertiary/aromatic N) is 1. The van der Waals surface area contributed by atoms with E-state index in [1.54, 1.807) is 0 Å². The van der Waals surface area contributed by atoms with Gasteiger partial charge in [0.15, 0.2) is 0 Å². The molecule has 3 heterocycles. The van der Waals surface area contributed by atoms with Crippen molar-refractivity contribution in [1.29, 1.82) is 0 Å². The second kappa shape index (κ2) is 6.86. The Balaban J connectivity index is 1.46. The molecule has 2 aromatic carbocycles. The molecule has 0 aliphatic carbocycles. The molecule has 4 nitrogen and oxygen atoms in total. The zero-order valence-electron chi connectivity index (χ0n) is 17.7. The highest BCUT2D eigenvalue weighted by Gasteiger charge is 2.43. The van der Waals surface area contributed by atoms with E-state index in [9.17, 15) is 4.79 Å². The summed E-state index contributed by atoms with van der Waals surface area (Å²) in [6.07, 6.45) is 1.66. The maximum absolute atomic E-state index is 13.7. The van der Waals surface area contributed by atoms with Crippen LogP contribution in [0.3, 0.4) is 0 Å². The Labute approximate surface area is 182 Å². The third-order valence-electron chi connectivity index (χ3n) is 6.60. The Morgan fingerprint density at radius 1 is 1.13 bits per heavy atom. The van der Waals surface area contributed by atoms with E-state index >= 15 is 0 Å². The summed E-state index contributed by atoms with van der Waals surface area (Å²) in [5.74, 6) is 0.0922. The predicted molar refractivity (Wildman–Crippen MR) is 120 cm³/mol. The van der Waals surface area contributed by atoms with Crippen LogP contribution in [0.15, 0.2) is 42.5 Å². The van der Waals surface area contributed by atoms with E-state index in [1.165, 1.54) is 11.1 Å². The van der Waals surface area contributed by atoms with E-state index in [-0.39, 0.29) is 16.9 Å². The predicted octanol–water partition coefficient (Wildman–Crippen LogP) is 5.78. The molecule has 1 saturated heterocycles. The molecular weight excluding hydrogens is 396 g/mol. The maximum atomic E-state index is 13.7. The summed E-state index contributed by atoms with van der Waals surface area (Å²) in [7, 11) is 0. The molecule has 5 rings (SSSR count). The van der Waals surface area contributed by atoms with E-state index < -0.39 is 0 Å². The molecule has 0 atom stereocenters. The number of rotatable bonds is 1. The Kier molecular flexibility index (Phi) is 4.49. The topological polar surface area (TPSA) is 45.3 Å². The van der Waals surface area contributed by atoms with Gasteiger partial charge in [-0.2, -0.15) is 0 Å². The average molecular weight is 423 g/mol. The van der Waals surface area contributed by atoms with Crippen LogP contribution in [0.5, 0.6) is 0 Å². The van der Waals surface area contributed by atoms with Crippen molar-refractivity contribution < 1.29 is 9.53 Å². The standard InChI is InChI=1S/C25H27ClN2O2/c1-24(2,3)22-21(18-9-8-17(26)14-20(18)27-22)23(29)28-12-10-25(11-13-28)19-7-5-4-6-16(19)15-30-25/h4-9,14,27H,10-13,15H2,1-3H3. The largest absolute Gasteiger partial charge is 0.365 e. The van der Waals surface area contributed by atoms with Crippen molar-refractivity contribution in [2.75, 3.05) is 13.1 Å². The van der Waals surface area contributed by atoms with Crippen LogP contribution in [0.2, 0.25) is 5.02 Å². The lowest BCUT2D eigenvalue weighted by Gasteiger charge is -2.39. The normalized spacial score (nSPS) is 18.2. The molecule has 1 amide bonds. The number of aromatic nitrogens is 1. The van der Waals surface area contributed by atoms with Crippen LogP contribution in [0, 0.1) is 0 Å². The minimum atomic E-state index is -0.242. The Morgan fingerprint density at radius 2 is 1.87 bits per heavy atom. The summed E-state index contributed by atoms with van der Waals surface area (Å²) in [6.45, 7) is 8.44. The summed E-state index contributed by atoms with van der Waals surface area (Å²) in [5.41, 5.74) is 4.81. The van der Waals surface area contributed by atoms with Crippen molar-refractivity contribution in [2.45, 2.75) is 51.2 Å². The molecule has 0 bridgehead atoms. The number of ether oxygens (including phenoxy) is 1. The molecule has 156 valence electrons. The number of amides is 1. The van der Waals surface area contributed by atoms with Crippen LogP contribution < -0.4 is 0 Å². The summed E-state index contributed by atoms with van der Waals surface area (Å²) < 4.78 is 6.27. The molecule has 2 aliphatic rings. The molecule has 0 radical (unpaired) electrons. The maximum Gasteiger partial charge on any atom is 0.256 e. The number of hydrogen-bond donors (Lipinski definition) is 1. The number of carbonyl (C=O) groups excluding carboxylic acids is 1. The van der Waals surface area contributed by atoms with Gasteiger partial charge in [0, 0.05) is 40.1 Å². The Bertz CT molecular complexity index is 1130. The van der Waals surface area contributed by atoms with Gasteiger partial charge >= 0.3 is 0 Å². The van der Waals surface area contributed by atoms with Crippen molar-refractivity contribution in [2.24, 2.45) is 0 Å².